The molecule has 2 heterocycles. The molecule has 0 amide bonds. The van der Waals surface area contributed by atoms with Crippen LogP contribution in [0, 0.1) is 0 Å². The normalized spacial score (nSPS) is 29.2. The molecule has 2 bridgehead atoms. The standard InChI is InChI=1S/C39H41N5/c1-4-6-17-34(39-42-33-18-11-13-20-37(33)44(39)29-15-8-7-9-16-29)41-26-43-35-19-12-10-14-28-22-23-30-32(25-31(28)35)36(43)24-21-27(3)38(30)40-5-2/h4-13,15-18,20-24,33,35-37,39-40,42H,1-2,14,19,25-26H2,3H3/b17-6-,41-34+. The van der Waals surface area contributed by atoms with Crippen LogP contribution in [0.2, 0.25) is 0 Å². The molecule has 6 aliphatic rings. The Morgan fingerprint density at radius 3 is 2.75 bits per heavy atom. The van der Waals surface area contributed by atoms with Crippen LogP contribution in [0.25, 0.3) is 0 Å². The number of aliphatic imine (C=N–C) groups is 1. The summed E-state index contributed by atoms with van der Waals surface area (Å²) < 4.78 is 0. The molecule has 222 valence electrons. The lowest BCUT2D eigenvalue weighted by Gasteiger charge is -2.43. The summed E-state index contributed by atoms with van der Waals surface area (Å²) in [5, 5.41) is 7.36. The Balaban J connectivity index is 1.31. The van der Waals surface area contributed by atoms with Crippen LogP contribution in [0.3, 0.4) is 0 Å². The van der Waals surface area contributed by atoms with E-state index in [1.807, 2.05) is 12.2 Å². The monoisotopic (exact) mass is 579 g/mol. The molecule has 5 heteroatoms. The minimum absolute atomic E-state index is 0.0831. The van der Waals surface area contributed by atoms with Gasteiger partial charge in [-0.1, -0.05) is 104 Å². The van der Waals surface area contributed by atoms with Crippen molar-refractivity contribution >= 4 is 11.4 Å². The van der Waals surface area contributed by atoms with Crippen molar-refractivity contribution in [2.24, 2.45) is 4.99 Å². The maximum Gasteiger partial charge on any atom is 0.124 e. The molecule has 0 spiro atoms. The van der Waals surface area contributed by atoms with Crippen LogP contribution < -0.4 is 15.5 Å². The lowest BCUT2D eigenvalue weighted by atomic mass is 9.82. The van der Waals surface area contributed by atoms with Gasteiger partial charge in [0.25, 0.3) is 0 Å². The molecule has 0 aromatic heterocycles. The Hall–Kier alpha value is -4.45. The highest BCUT2D eigenvalue weighted by Gasteiger charge is 2.42. The van der Waals surface area contributed by atoms with Crippen LogP contribution in [0.15, 0.2) is 167 Å². The molecule has 0 radical (unpaired) electrons. The first-order chi connectivity index (χ1) is 21.7. The molecule has 2 fully saturated rings. The van der Waals surface area contributed by atoms with Gasteiger partial charge in [0.1, 0.15) is 6.17 Å². The molecule has 5 unspecified atom stereocenters. The van der Waals surface area contributed by atoms with Crippen molar-refractivity contribution in [3.63, 3.8) is 0 Å². The third-order valence-corrected chi connectivity index (χ3v) is 9.62. The third kappa shape index (κ3) is 5.06. The highest BCUT2D eigenvalue weighted by molar-refractivity contribution is 6.02. The van der Waals surface area contributed by atoms with Crippen molar-refractivity contribution in [1.29, 1.82) is 0 Å². The number of anilines is 1. The smallest absolute Gasteiger partial charge is 0.124 e. The molecule has 1 aromatic carbocycles. The van der Waals surface area contributed by atoms with E-state index in [0.29, 0.717) is 12.7 Å². The molecule has 7 rings (SSSR count). The number of likely N-dealkylation sites (tertiary alicyclic amines) is 1. The molecule has 44 heavy (non-hydrogen) atoms. The second kappa shape index (κ2) is 12.3. The molecule has 2 saturated heterocycles. The van der Waals surface area contributed by atoms with Crippen molar-refractivity contribution in [3.05, 3.63) is 162 Å². The molecule has 5 nitrogen and oxygen atoms in total. The quantitative estimate of drug-likeness (QED) is 0.199. The van der Waals surface area contributed by atoms with Gasteiger partial charge < -0.3 is 10.2 Å². The first-order valence-corrected chi connectivity index (χ1v) is 15.8. The Kier molecular flexibility index (Phi) is 7.90. The summed E-state index contributed by atoms with van der Waals surface area (Å²) in [6.45, 7) is 10.7. The predicted molar refractivity (Wildman–Crippen MR) is 184 cm³/mol. The van der Waals surface area contributed by atoms with Gasteiger partial charge in [-0.3, -0.25) is 15.2 Å². The van der Waals surface area contributed by atoms with Gasteiger partial charge in [-0.25, -0.2) is 0 Å². The number of hydrogen-bond acceptors (Lipinski definition) is 5. The average Bonchev–Trinajstić information content (AvgIpc) is 3.12. The lowest BCUT2D eigenvalue weighted by Crippen LogP contribution is -2.49. The summed E-state index contributed by atoms with van der Waals surface area (Å²) in [5.41, 5.74) is 10.2. The number of hydrogen-bond donors (Lipinski definition) is 2. The number of piperidine rings is 1. The van der Waals surface area contributed by atoms with Gasteiger partial charge in [0.2, 0.25) is 0 Å². The molecule has 2 aliphatic heterocycles. The van der Waals surface area contributed by atoms with Crippen LogP contribution in [0.4, 0.5) is 5.69 Å². The van der Waals surface area contributed by atoms with Gasteiger partial charge in [-0.15, -0.1) is 0 Å². The Morgan fingerprint density at radius 1 is 1.05 bits per heavy atom. The third-order valence-electron chi connectivity index (χ3n) is 9.62. The molecule has 4 aliphatic carbocycles. The molecule has 1 aromatic rings. The van der Waals surface area contributed by atoms with E-state index in [0.717, 1.165) is 30.7 Å². The zero-order chi connectivity index (χ0) is 30.0. The summed E-state index contributed by atoms with van der Waals surface area (Å²) in [6, 6.07) is 11.6. The summed E-state index contributed by atoms with van der Waals surface area (Å²) in [5.74, 6) is 0. The molecular weight excluding hydrogens is 538 g/mol. The largest absolute Gasteiger partial charge is 0.362 e. The summed E-state index contributed by atoms with van der Waals surface area (Å²) in [7, 11) is 0. The summed E-state index contributed by atoms with van der Waals surface area (Å²) in [6.07, 6.45) is 33.6. The SMILES string of the molecule is C=C/C=C\C(=N/CN1C2C=CC(C)=C(NC=C)C3=C2CC2=C(C=C3)CC=CCC21)C1NC2C=CC=CC2N1c1ccccc1. The van der Waals surface area contributed by atoms with E-state index in [1.165, 1.54) is 33.6 Å². The fraction of sp³-hybridized carbons (Fsp3) is 0.256. The van der Waals surface area contributed by atoms with E-state index in [-0.39, 0.29) is 24.3 Å². The second-order valence-corrected chi connectivity index (χ2v) is 12.1. The zero-order valence-corrected chi connectivity index (χ0v) is 25.4. The number of allylic oxidation sites excluding steroid dienone is 10. The highest BCUT2D eigenvalue weighted by Crippen LogP contribution is 2.44. The van der Waals surface area contributed by atoms with Crippen LogP contribution in [0.5, 0.6) is 0 Å². The van der Waals surface area contributed by atoms with Crippen LogP contribution >= 0.6 is 0 Å². The first kappa shape index (κ1) is 28.3. The van der Waals surface area contributed by atoms with Crippen molar-refractivity contribution < 1.29 is 0 Å². The van der Waals surface area contributed by atoms with Gasteiger partial charge in [-0.05, 0) is 78.5 Å². The zero-order valence-electron chi connectivity index (χ0n) is 25.4. The minimum Gasteiger partial charge on any atom is -0.362 e. The maximum absolute atomic E-state index is 5.48. The number of nitrogens with zero attached hydrogens (tertiary/aromatic N) is 3. The van der Waals surface area contributed by atoms with E-state index in [4.69, 9.17) is 4.99 Å². The van der Waals surface area contributed by atoms with Gasteiger partial charge >= 0.3 is 0 Å². The van der Waals surface area contributed by atoms with Gasteiger partial charge in [0.15, 0.2) is 0 Å². The average molecular weight is 580 g/mol. The van der Waals surface area contributed by atoms with Crippen molar-refractivity contribution in [2.75, 3.05) is 11.6 Å². The lowest BCUT2D eigenvalue weighted by molar-refractivity contribution is 0.185. The van der Waals surface area contributed by atoms with Crippen molar-refractivity contribution in [3.8, 4) is 0 Å². The Bertz CT molecular complexity index is 1640. The van der Waals surface area contributed by atoms with E-state index < -0.39 is 0 Å². The number of rotatable bonds is 8. The predicted octanol–water partition coefficient (Wildman–Crippen LogP) is 6.96. The minimum atomic E-state index is -0.0831. The fourth-order valence-electron chi connectivity index (χ4n) is 7.56. The Labute approximate surface area is 261 Å². The molecule has 5 atom stereocenters. The van der Waals surface area contributed by atoms with E-state index in [1.54, 1.807) is 6.20 Å². The van der Waals surface area contributed by atoms with Crippen molar-refractivity contribution in [1.82, 2.24) is 15.5 Å². The van der Waals surface area contributed by atoms with Crippen LogP contribution in [-0.4, -0.2) is 47.6 Å². The van der Waals surface area contributed by atoms with Crippen molar-refractivity contribution in [2.45, 2.75) is 56.5 Å². The number of fused-ring (bicyclic) bond motifs is 1. The van der Waals surface area contributed by atoms with Crippen LogP contribution in [-0.2, 0) is 0 Å². The second-order valence-electron chi connectivity index (χ2n) is 12.1. The Morgan fingerprint density at radius 2 is 1.91 bits per heavy atom. The summed E-state index contributed by atoms with van der Waals surface area (Å²) >= 11 is 0. The van der Waals surface area contributed by atoms with Gasteiger partial charge in [0, 0.05) is 17.4 Å². The summed E-state index contributed by atoms with van der Waals surface area (Å²) in [4.78, 5) is 10.6. The van der Waals surface area contributed by atoms with Gasteiger partial charge in [-0.2, -0.15) is 0 Å². The molecule has 2 N–H and O–H groups in total. The number of nitrogens with one attached hydrogen (secondary N) is 2. The first-order valence-electron chi connectivity index (χ1n) is 15.8. The van der Waals surface area contributed by atoms with E-state index in [9.17, 15) is 0 Å². The molecule has 0 saturated carbocycles. The maximum atomic E-state index is 5.48. The fourth-order valence-corrected chi connectivity index (χ4v) is 7.56. The highest BCUT2D eigenvalue weighted by atomic mass is 15.4. The number of para-hydroxylation sites is 1. The van der Waals surface area contributed by atoms with Crippen LogP contribution in [0.1, 0.15) is 26.2 Å². The van der Waals surface area contributed by atoms with E-state index in [2.05, 4.69) is 138 Å². The molecular formula is C39H41N5. The van der Waals surface area contributed by atoms with E-state index >= 15 is 0 Å². The number of benzene rings is 1. The topological polar surface area (TPSA) is 42.9 Å². The van der Waals surface area contributed by atoms with Gasteiger partial charge in [0.05, 0.1) is 30.5 Å².